The quantitative estimate of drug-likeness (QED) is 0.595. The van der Waals surface area contributed by atoms with Crippen molar-refractivity contribution in [1.29, 1.82) is 0 Å². The second kappa shape index (κ2) is 6.96. The summed E-state index contributed by atoms with van der Waals surface area (Å²) >= 11 is 1.80. The molecule has 0 radical (unpaired) electrons. The monoisotopic (exact) mass is 281 g/mol. The van der Waals surface area contributed by atoms with Gasteiger partial charge in [0.1, 0.15) is 5.54 Å². The molecule has 0 aliphatic heterocycles. The Balaban J connectivity index is 2.45. The maximum atomic E-state index is 11.1. The molecule has 0 saturated carbocycles. The number of thioether (sulfide) groups is 1. The number of carboxylic acids is 1. The molecule has 0 fully saturated rings. The Morgan fingerprint density at radius 2 is 2.11 bits per heavy atom. The molecule has 0 aliphatic carbocycles. The van der Waals surface area contributed by atoms with Crippen LogP contribution in [0.1, 0.15) is 30.9 Å². The van der Waals surface area contributed by atoms with E-state index >= 15 is 0 Å². The third-order valence-corrected chi connectivity index (χ3v) is 4.69. The fourth-order valence-corrected chi connectivity index (χ4v) is 2.87. The number of aliphatic carboxylic acids is 1. The molecule has 2 N–H and O–H groups in total. The number of carboxylic acid groups (broad SMARTS) is 1. The number of nitrogens with one attached hydrogen (secondary N) is 1. The van der Waals surface area contributed by atoms with Gasteiger partial charge in [0.15, 0.2) is 0 Å². The van der Waals surface area contributed by atoms with Crippen molar-refractivity contribution in [3.8, 4) is 0 Å². The molecular weight excluding hydrogens is 258 g/mol. The van der Waals surface area contributed by atoms with Crippen molar-refractivity contribution in [2.75, 3.05) is 12.8 Å². The SMILES string of the molecule is CNC(C)(CCCSc1ccc(C)cc1C)C(=O)O. The normalized spacial score (nSPS) is 14.1. The zero-order valence-corrected chi connectivity index (χ0v) is 12.9. The summed E-state index contributed by atoms with van der Waals surface area (Å²) in [5.41, 5.74) is 1.75. The predicted octanol–water partition coefficient (Wildman–Crippen LogP) is 3.24. The van der Waals surface area contributed by atoms with Gasteiger partial charge in [-0.3, -0.25) is 4.79 Å². The zero-order valence-electron chi connectivity index (χ0n) is 12.1. The number of benzene rings is 1. The first kappa shape index (κ1) is 16.1. The Bertz CT molecular complexity index is 448. The van der Waals surface area contributed by atoms with Crippen molar-refractivity contribution >= 4 is 17.7 Å². The van der Waals surface area contributed by atoms with Crippen LogP contribution in [0.15, 0.2) is 23.1 Å². The van der Waals surface area contributed by atoms with E-state index in [1.54, 1.807) is 25.7 Å². The Labute approximate surface area is 119 Å². The van der Waals surface area contributed by atoms with E-state index in [-0.39, 0.29) is 0 Å². The summed E-state index contributed by atoms with van der Waals surface area (Å²) in [6.07, 6.45) is 1.51. The van der Waals surface area contributed by atoms with Gasteiger partial charge in [-0.2, -0.15) is 0 Å². The maximum Gasteiger partial charge on any atom is 0.323 e. The van der Waals surface area contributed by atoms with E-state index in [0.717, 1.165) is 12.2 Å². The fraction of sp³-hybridized carbons (Fsp3) is 0.533. The highest BCUT2D eigenvalue weighted by molar-refractivity contribution is 7.99. The van der Waals surface area contributed by atoms with Gasteiger partial charge in [-0.25, -0.2) is 0 Å². The maximum absolute atomic E-state index is 11.1. The van der Waals surface area contributed by atoms with Gasteiger partial charge in [-0.05, 0) is 58.0 Å². The van der Waals surface area contributed by atoms with Crippen LogP contribution >= 0.6 is 11.8 Å². The molecule has 1 aromatic carbocycles. The average molecular weight is 281 g/mol. The standard InChI is InChI=1S/C15H23NO2S/c1-11-6-7-13(12(2)10-11)19-9-5-8-15(3,16-4)14(17)18/h6-7,10,16H,5,8-9H2,1-4H3,(H,17,18). The molecule has 4 heteroatoms. The minimum atomic E-state index is -0.817. The van der Waals surface area contributed by atoms with Crippen LogP contribution in [0.2, 0.25) is 0 Å². The number of carbonyl (C=O) groups is 1. The third kappa shape index (κ3) is 4.55. The topological polar surface area (TPSA) is 49.3 Å². The lowest BCUT2D eigenvalue weighted by Crippen LogP contribution is -2.47. The molecule has 0 bridgehead atoms. The molecule has 106 valence electrons. The first-order chi connectivity index (χ1) is 8.89. The lowest BCUT2D eigenvalue weighted by atomic mass is 9.97. The van der Waals surface area contributed by atoms with Crippen LogP contribution in [-0.4, -0.2) is 29.4 Å². The molecule has 19 heavy (non-hydrogen) atoms. The van der Waals surface area contributed by atoms with Crippen molar-refractivity contribution < 1.29 is 9.90 Å². The van der Waals surface area contributed by atoms with Crippen molar-refractivity contribution in [3.63, 3.8) is 0 Å². The number of aryl methyl sites for hydroxylation is 2. The molecule has 0 spiro atoms. The first-order valence-electron chi connectivity index (χ1n) is 6.51. The summed E-state index contributed by atoms with van der Waals surface area (Å²) < 4.78 is 0. The van der Waals surface area contributed by atoms with E-state index in [0.29, 0.717) is 6.42 Å². The zero-order chi connectivity index (χ0) is 14.5. The lowest BCUT2D eigenvalue weighted by Gasteiger charge is -2.23. The second-order valence-corrected chi connectivity index (χ2v) is 6.24. The smallest absolute Gasteiger partial charge is 0.323 e. The molecule has 0 amide bonds. The van der Waals surface area contributed by atoms with E-state index in [2.05, 4.69) is 37.4 Å². The Hall–Kier alpha value is -1.00. The highest BCUT2D eigenvalue weighted by atomic mass is 32.2. The summed E-state index contributed by atoms with van der Waals surface area (Å²) in [6.45, 7) is 5.94. The molecule has 0 aromatic heterocycles. The molecule has 1 atom stereocenters. The molecule has 0 saturated heterocycles. The van der Waals surface area contributed by atoms with Crippen LogP contribution in [-0.2, 0) is 4.79 Å². The number of hydrogen-bond acceptors (Lipinski definition) is 3. The van der Waals surface area contributed by atoms with Gasteiger partial charge in [-0.15, -0.1) is 11.8 Å². The number of hydrogen-bond donors (Lipinski definition) is 2. The van der Waals surface area contributed by atoms with Gasteiger partial charge in [0.05, 0.1) is 0 Å². The molecule has 1 rings (SSSR count). The second-order valence-electron chi connectivity index (χ2n) is 5.11. The van der Waals surface area contributed by atoms with Crippen molar-refractivity contribution in [2.24, 2.45) is 0 Å². The van der Waals surface area contributed by atoms with Crippen molar-refractivity contribution in [3.05, 3.63) is 29.3 Å². The van der Waals surface area contributed by atoms with E-state index in [1.165, 1.54) is 16.0 Å². The third-order valence-electron chi connectivity index (χ3n) is 3.43. The Morgan fingerprint density at radius 1 is 1.42 bits per heavy atom. The van der Waals surface area contributed by atoms with Gasteiger partial charge in [-0.1, -0.05) is 17.7 Å². The Kier molecular flexibility index (Phi) is 5.88. The summed E-state index contributed by atoms with van der Waals surface area (Å²) in [7, 11) is 1.70. The highest BCUT2D eigenvalue weighted by Gasteiger charge is 2.30. The molecule has 1 unspecified atom stereocenters. The summed E-state index contributed by atoms with van der Waals surface area (Å²) in [4.78, 5) is 12.4. The molecular formula is C15H23NO2S. The minimum absolute atomic E-state index is 0.636. The van der Waals surface area contributed by atoms with E-state index < -0.39 is 11.5 Å². The molecule has 1 aromatic rings. The summed E-state index contributed by atoms with van der Waals surface area (Å²) in [5.74, 6) is 0.153. The van der Waals surface area contributed by atoms with Gasteiger partial charge in [0.2, 0.25) is 0 Å². The van der Waals surface area contributed by atoms with Gasteiger partial charge >= 0.3 is 5.97 Å². The van der Waals surface area contributed by atoms with Crippen molar-refractivity contribution in [1.82, 2.24) is 5.32 Å². The highest BCUT2D eigenvalue weighted by Crippen LogP contribution is 2.25. The van der Waals surface area contributed by atoms with Crippen LogP contribution in [0.5, 0.6) is 0 Å². The van der Waals surface area contributed by atoms with E-state index in [9.17, 15) is 4.79 Å². The summed E-state index contributed by atoms with van der Waals surface area (Å²) in [6, 6.07) is 6.44. The van der Waals surface area contributed by atoms with Crippen molar-refractivity contribution in [2.45, 2.75) is 44.0 Å². The molecule has 0 aliphatic rings. The fourth-order valence-electron chi connectivity index (χ4n) is 1.91. The Morgan fingerprint density at radius 3 is 2.63 bits per heavy atom. The van der Waals surface area contributed by atoms with Crippen LogP contribution in [0.3, 0.4) is 0 Å². The largest absolute Gasteiger partial charge is 0.480 e. The van der Waals surface area contributed by atoms with E-state index in [1.807, 2.05) is 0 Å². The average Bonchev–Trinajstić information content (AvgIpc) is 2.36. The molecule has 0 heterocycles. The lowest BCUT2D eigenvalue weighted by molar-refractivity contribution is -0.144. The van der Waals surface area contributed by atoms with Crippen LogP contribution in [0, 0.1) is 13.8 Å². The number of likely N-dealkylation sites (N-methyl/N-ethyl adjacent to an activating group) is 1. The van der Waals surface area contributed by atoms with Crippen LogP contribution < -0.4 is 5.32 Å². The van der Waals surface area contributed by atoms with Gasteiger partial charge < -0.3 is 10.4 Å². The van der Waals surface area contributed by atoms with Gasteiger partial charge in [0.25, 0.3) is 0 Å². The molecule has 3 nitrogen and oxygen atoms in total. The van der Waals surface area contributed by atoms with Crippen LogP contribution in [0.25, 0.3) is 0 Å². The first-order valence-corrected chi connectivity index (χ1v) is 7.50. The predicted molar refractivity (Wildman–Crippen MR) is 81.0 cm³/mol. The van der Waals surface area contributed by atoms with Gasteiger partial charge in [0, 0.05) is 4.90 Å². The summed E-state index contributed by atoms with van der Waals surface area (Å²) in [5, 5.41) is 12.0. The minimum Gasteiger partial charge on any atom is -0.480 e. The van der Waals surface area contributed by atoms with Crippen LogP contribution in [0.4, 0.5) is 0 Å². The number of rotatable bonds is 7. The van der Waals surface area contributed by atoms with E-state index in [4.69, 9.17) is 5.11 Å².